The number of hydrogen-bond donors (Lipinski definition) is 1. The summed E-state index contributed by atoms with van der Waals surface area (Å²) in [6, 6.07) is 20.5. The second-order valence-corrected chi connectivity index (χ2v) is 10.8. The summed E-state index contributed by atoms with van der Waals surface area (Å²) >= 11 is 1.88. The van der Waals surface area contributed by atoms with Crippen LogP contribution in [-0.2, 0) is 19.5 Å². The molecule has 1 atom stereocenters. The summed E-state index contributed by atoms with van der Waals surface area (Å²) in [5.41, 5.74) is 8.12. The van der Waals surface area contributed by atoms with Gasteiger partial charge in [0, 0.05) is 35.4 Å². The smallest absolute Gasteiger partial charge is 0.310 e. The van der Waals surface area contributed by atoms with E-state index in [1.807, 2.05) is 34.4 Å². The number of hydrogen-bond acceptors (Lipinski definition) is 3. The van der Waals surface area contributed by atoms with E-state index in [1.54, 1.807) is 0 Å². The molecule has 4 heterocycles. The van der Waals surface area contributed by atoms with Crippen LogP contribution in [0.25, 0.3) is 5.00 Å². The van der Waals surface area contributed by atoms with E-state index >= 15 is 0 Å². The largest absolute Gasteiger partial charge is 0.322 e. The molecule has 0 aliphatic carbocycles. The van der Waals surface area contributed by atoms with Gasteiger partial charge in [0.25, 0.3) is 0 Å². The Balaban J connectivity index is 1.49. The molecule has 6 rings (SSSR count). The molecule has 2 aliphatic heterocycles. The van der Waals surface area contributed by atoms with Crippen molar-refractivity contribution < 1.29 is 4.79 Å². The minimum absolute atomic E-state index is 0.0685. The van der Waals surface area contributed by atoms with Crippen LogP contribution in [0.15, 0.2) is 66.9 Å². The highest BCUT2D eigenvalue weighted by atomic mass is 32.1. The second kappa shape index (κ2) is 8.70. The summed E-state index contributed by atoms with van der Waals surface area (Å²) in [6.45, 7) is 6.75. The number of carbonyl (C=O) groups is 1. The minimum atomic E-state index is -0.183. The van der Waals surface area contributed by atoms with Crippen LogP contribution >= 0.6 is 11.3 Å². The zero-order valence-corrected chi connectivity index (χ0v) is 21.2. The Kier molecular flexibility index (Phi) is 5.50. The fraction of sp³-hybridized carbons (Fsp3) is 0.276. The lowest BCUT2D eigenvalue weighted by Gasteiger charge is -2.32. The standard InChI is InChI=1S/C29H30N4OS/c1-19-9-7-12-24(20(19)2)30-29(34)33-17-23-22-14-16-31(3)18-26(22)35-28(23)32-15-8-13-25(32)27(33)21-10-5-4-6-11-21/h4-13,15,27H,14,16-18H2,1-3H3,(H,30,34)/t27-/m1/s1. The van der Waals surface area contributed by atoms with Gasteiger partial charge in [0.05, 0.1) is 18.3 Å². The summed E-state index contributed by atoms with van der Waals surface area (Å²) in [7, 11) is 2.18. The maximum Gasteiger partial charge on any atom is 0.322 e. The number of nitrogens with one attached hydrogen (secondary N) is 1. The third-order valence-corrected chi connectivity index (χ3v) is 8.74. The van der Waals surface area contributed by atoms with Gasteiger partial charge in [-0.1, -0.05) is 42.5 Å². The molecule has 0 spiro atoms. The van der Waals surface area contributed by atoms with Gasteiger partial charge in [0.2, 0.25) is 0 Å². The van der Waals surface area contributed by atoms with E-state index in [4.69, 9.17) is 0 Å². The molecule has 0 unspecified atom stereocenters. The average molecular weight is 483 g/mol. The van der Waals surface area contributed by atoms with Crippen molar-refractivity contribution in [2.45, 2.75) is 39.4 Å². The van der Waals surface area contributed by atoms with Gasteiger partial charge in [-0.2, -0.15) is 0 Å². The van der Waals surface area contributed by atoms with Crippen molar-refractivity contribution in [3.05, 3.63) is 105 Å². The molecule has 0 radical (unpaired) electrons. The zero-order valence-electron chi connectivity index (χ0n) is 20.4. The first-order valence-corrected chi connectivity index (χ1v) is 13.0. The Bertz CT molecular complexity index is 1400. The predicted octanol–water partition coefficient (Wildman–Crippen LogP) is 6.28. The normalized spacial score (nSPS) is 17.3. The van der Waals surface area contributed by atoms with E-state index in [9.17, 15) is 4.79 Å². The van der Waals surface area contributed by atoms with Gasteiger partial charge in [0.1, 0.15) is 5.00 Å². The fourth-order valence-corrected chi connectivity index (χ4v) is 6.85. The van der Waals surface area contributed by atoms with E-state index in [0.29, 0.717) is 6.54 Å². The highest BCUT2D eigenvalue weighted by molar-refractivity contribution is 7.15. The third-order valence-electron chi connectivity index (χ3n) is 7.48. The van der Waals surface area contributed by atoms with Crippen molar-refractivity contribution >= 4 is 23.1 Å². The van der Waals surface area contributed by atoms with Gasteiger partial charge < -0.3 is 19.7 Å². The number of aromatic nitrogens is 1. The van der Waals surface area contributed by atoms with Gasteiger partial charge >= 0.3 is 6.03 Å². The first kappa shape index (κ1) is 22.1. The highest BCUT2D eigenvalue weighted by Crippen LogP contribution is 2.43. The van der Waals surface area contributed by atoms with Crippen molar-refractivity contribution in [3.63, 3.8) is 0 Å². The molecule has 2 aromatic carbocycles. The van der Waals surface area contributed by atoms with Crippen LogP contribution in [0, 0.1) is 13.8 Å². The summed E-state index contributed by atoms with van der Waals surface area (Å²) < 4.78 is 2.32. The Hall–Kier alpha value is -3.35. The van der Waals surface area contributed by atoms with E-state index in [0.717, 1.165) is 42.0 Å². The maximum absolute atomic E-state index is 14.1. The molecule has 1 N–H and O–H groups in total. The van der Waals surface area contributed by atoms with Gasteiger partial charge in [-0.15, -0.1) is 11.3 Å². The van der Waals surface area contributed by atoms with Gasteiger partial charge in [-0.3, -0.25) is 0 Å². The fourth-order valence-electron chi connectivity index (χ4n) is 5.41. The molecule has 0 bridgehead atoms. The second-order valence-electron chi connectivity index (χ2n) is 9.70. The average Bonchev–Trinajstić information content (AvgIpc) is 3.44. The molecule has 178 valence electrons. The van der Waals surface area contributed by atoms with Gasteiger partial charge in [0.15, 0.2) is 0 Å². The molecule has 0 saturated carbocycles. The number of amides is 2. The summed E-state index contributed by atoms with van der Waals surface area (Å²) in [5.74, 6) is 0. The van der Waals surface area contributed by atoms with E-state index < -0.39 is 0 Å². The van der Waals surface area contributed by atoms with Crippen molar-refractivity contribution in [3.8, 4) is 5.00 Å². The van der Waals surface area contributed by atoms with Crippen LogP contribution in [0.5, 0.6) is 0 Å². The molecule has 0 fully saturated rings. The van der Waals surface area contributed by atoms with E-state index in [-0.39, 0.29) is 12.1 Å². The van der Waals surface area contributed by atoms with Crippen molar-refractivity contribution in [2.24, 2.45) is 0 Å². The molecular weight excluding hydrogens is 452 g/mol. The SMILES string of the molecule is Cc1cccc(NC(=O)N2Cc3c(sc4c3CCN(C)C4)-n3cccc3[C@H]2c2ccccc2)c1C. The van der Waals surface area contributed by atoms with Crippen LogP contribution in [0.1, 0.15) is 44.4 Å². The molecule has 6 heteroatoms. The summed E-state index contributed by atoms with van der Waals surface area (Å²) in [5, 5.41) is 4.51. The summed E-state index contributed by atoms with van der Waals surface area (Å²) in [6.07, 6.45) is 3.18. The highest BCUT2D eigenvalue weighted by Gasteiger charge is 2.36. The number of nitrogens with zero attached hydrogens (tertiary/aromatic N) is 3. The Labute approximate surface area is 210 Å². The number of carbonyl (C=O) groups excluding carboxylic acids is 1. The van der Waals surface area contributed by atoms with Crippen molar-refractivity contribution in [1.29, 1.82) is 0 Å². The number of likely N-dealkylation sites (N-methyl/N-ethyl adjacent to an activating group) is 1. The minimum Gasteiger partial charge on any atom is -0.310 e. The molecule has 2 aromatic heterocycles. The molecule has 2 amide bonds. The monoisotopic (exact) mass is 482 g/mol. The summed E-state index contributed by atoms with van der Waals surface area (Å²) in [4.78, 5) is 19.9. The lowest BCUT2D eigenvalue weighted by molar-refractivity contribution is 0.194. The number of fused-ring (bicyclic) bond motifs is 5. The lowest BCUT2D eigenvalue weighted by Crippen LogP contribution is -2.38. The molecule has 0 saturated heterocycles. The van der Waals surface area contributed by atoms with Crippen LogP contribution in [0.4, 0.5) is 10.5 Å². The molecule has 2 aliphatic rings. The lowest BCUT2D eigenvalue weighted by atomic mass is 10.0. The molecule has 4 aromatic rings. The number of anilines is 1. The van der Waals surface area contributed by atoms with Crippen molar-refractivity contribution in [2.75, 3.05) is 18.9 Å². The van der Waals surface area contributed by atoms with Gasteiger partial charge in [-0.25, -0.2) is 4.79 Å². The van der Waals surface area contributed by atoms with Crippen LogP contribution in [0.2, 0.25) is 0 Å². The number of aryl methyl sites for hydroxylation is 1. The quantitative estimate of drug-likeness (QED) is 0.365. The molecular formula is C29H30N4OS. The predicted molar refractivity (Wildman–Crippen MR) is 142 cm³/mol. The Morgan fingerprint density at radius 3 is 2.63 bits per heavy atom. The molecule has 5 nitrogen and oxygen atoms in total. The zero-order chi connectivity index (χ0) is 24.1. The number of urea groups is 1. The topological polar surface area (TPSA) is 40.5 Å². The van der Waals surface area contributed by atoms with Crippen LogP contribution < -0.4 is 5.32 Å². The first-order valence-electron chi connectivity index (χ1n) is 12.2. The number of thiophene rings is 1. The van der Waals surface area contributed by atoms with Crippen LogP contribution in [0.3, 0.4) is 0 Å². The van der Waals surface area contributed by atoms with Crippen molar-refractivity contribution in [1.82, 2.24) is 14.4 Å². The number of rotatable bonds is 2. The van der Waals surface area contributed by atoms with Crippen LogP contribution in [-0.4, -0.2) is 34.0 Å². The maximum atomic E-state index is 14.1. The Morgan fingerprint density at radius 2 is 1.80 bits per heavy atom. The molecule has 35 heavy (non-hydrogen) atoms. The Morgan fingerprint density at radius 1 is 0.971 bits per heavy atom. The number of benzene rings is 2. The first-order chi connectivity index (χ1) is 17.0. The van der Waals surface area contributed by atoms with E-state index in [2.05, 4.69) is 84.3 Å². The van der Waals surface area contributed by atoms with E-state index in [1.165, 1.54) is 26.6 Å². The van der Waals surface area contributed by atoms with Gasteiger partial charge in [-0.05, 0) is 67.8 Å². The third kappa shape index (κ3) is 3.77.